The number of aromatic hydroxyl groups is 1. The Balaban J connectivity index is 2.52. The molecule has 0 bridgehead atoms. The molecular weight excluding hydrogens is 210 g/mol. The first kappa shape index (κ1) is 10.8. The lowest BCUT2D eigenvalue weighted by atomic mass is 9.91. The highest BCUT2D eigenvalue weighted by Crippen LogP contribution is 2.38. The highest BCUT2D eigenvalue weighted by molar-refractivity contribution is 6.31. The van der Waals surface area contributed by atoms with E-state index in [1.54, 1.807) is 0 Å². The molecule has 82 valence electrons. The monoisotopic (exact) mass is 225 g/mol. The molecule has 0 aromatic heterocycles. The van der Waals surface area contributed by atoms with Crippen molar-refractivity contribution >= 4 is 11.6 Å². The number of nitrogens with one attached hydrogen (secondary N) is 1. The maximum atomic E-state index is 10.1. The molecule has 1 aromatic carbocycles. The summed E-state index contributed by atoms with van der Waals surface area (Å²) in [6.07, 6.45) is 1.08. The third-order valence-corrected chi connectivity index (χ3v) is 3.60. The van der Waals surface area contributed by atoms with Crippen LogP contribution in [0.1, 0.15) is 29.0 Å². The fourth-order valence-electron chi connectivity index (χ4n) is 2.29. The first-order valence-corrected chi connectivity index (χ1v) is 5.68. The topological polar surface area (TPSA) is 32.3 Å². The molecular formula is C12H16ClNO. The highest BCUT2D eigenvalue weighted by atomic mass is 35.5. The van der Waals surface area contributed by atoms with Gasteiger partial charge in [0.2, 0.25) is 0 Å². The van der Waals surface area contributed by atoms with Gasteiger partial charge in [-0.3, -0.25) is 0 Å². The molecule has 15 heavy (non-hydrogen) atoms. The Morgan fingerprint density at radius 3 is 2.80 bits per heavy atom. The number of rotatable bonds is 1. The van der Waals surface area contributed by atoms with Gasteiger partial charge >= 0.3 is 0 Å². The van der Waals surface area contributed by atoms with Crippen LogP contribution in [-0.2, 0) is 0 Å². The van der Waals surface area contributed by atoms with Crippen molar-refractivity contribution in [3.8, 4) is 5.75 Å². The summed E-state index contributed by atoms with van der Waals surface area (Å²) in [7, 11) is 0. The van der Waals surface area contributed by atoms with E-state index in [1.165, 1.54) is 0 Å². The van der Waals surface area contributed by atoms with Crippen molar-refractivity contribution in [3.05, 3.63) is 27.8 Å². The van der Waals surface area contributed by atoms with Crippen LogP contribution in [0.25, 0.3) is 0 Å². The van der Waals surface area contributed by atoms with Crippen LogP contribution in [-0.4, -0.2) is 18.2 Å². The second-order valence-electron chi connectivity index (χ2n) is 4.25. The molecule has 1 saturated heterocycles. The third kappa shape index (κ3) is 1.84. The summed E-state index contributed by atoms with van der Waals surface area (Å²) in [5, 5.41) is 14.1. The first-order chi connectivity index (χ1) is 7.11. The Kier molecular flexibility index (Phi) is 2.89. The summed E-state index contributed by atoms with van der Waals surface area (Å²) in [6, 6.07) is 1.83. The number of hydrogen-bond acceptors (Lipinski definition) is 2. The van der Waals surface area contributed by atoms with Crippen molar-refractivity contribution in [2.24, 2.45) is 0 Å². The smallest absolute Gasteiger partial charge is 0.122 e. The summed E-state index contributed by atoms with van der Waals surface area (Å²) < 4.78 is 0. The van der Waals surface area contributed by atoms with Crippen molar-refractivity contribution in [1.29, 1.82) is 0 Å². The van der Waals surface area contributed by atoms with E-state index in [2.05, 4.69) is 5.32 Å². The fraction of sp³-hybridized carbons (Fsp3) is 0.500. The Hall–Kier alpha value is -0.730. The van der Waals surface area contributed by atoms with E-state index < -0.39 is 0 Å². The van der Waals surface area contributed by atoms with Crippen LogP contribution in [0.4, 0.5) is 0 Å². The number of phenols is 1. The van der Waals surface area contributed by atoms with E-state index in [-0.39, 0.29) is 0 Å². The van der Waals surface area contributed by atoms with Crippen LogP contribution in [0.2, 0.25) is 5.02 Å². The van der Waals surface area contributed by atoms with Gasteiger partial charge in [0.25, 0.3) is 0 Å². The van der Waals surface area contributed by atoms with E-state index >= 15 is 0 Å². The summed E-state index contributed by atoms with van der Waals surface area (Å²) in [6.45, 7) is 5.84. The molecule has 0 radical (unpaired) electrons. The molecule has 0 amide bonds. The Bertz CT molecular complexity index is 357. The predicted octanol–water partition coefficient (Wildman–Crippen LogP) is 2.74. The van der Waals surface area contributed by atoms with Gasteiger partial charge in [-0.1, -0.05) is 11.6 Å². The molecule has 1 aliphatic heterocycles. The summed E-state index contributed by atoms with van der Waals surface area (Å²) in [5.41, 5.74) is 2.92. The molecule has 2 nitrogen and oxygen atoms in total. The van der Waals surface area contributed by atoms with Crippen LogP contribution in [0.15, 0.2) is 6.07 Å². The Morgan fingerprint density at radius 1 is 1.47 bits per heavy atom. The van der Waals surface area contributed by atoms with Crippen molar-refractivity contribution < 1.29 is 5.11 Å². The summed E-state index contributed by atoms with van der Waals surface area (Å²) in [4.78, 5) is 0. The lowest BCUT2D eigenvalue weighted by molar-refractivity contribution is 0.457. The van der Waals surface area contributed by atoms with Crippen molar-refractivity contribution in [1.82, 2.24) is 5.32 Å². The average Bonchev–Trinajstić information content (AvgIpc) is 2.69. The number of hydrogen-bond donors (Lipinski definition) is 2. The number of halogens is 1. The molecule has 1 fully saturated rings. The standard InChI is InChI=1S/C12H16ClNO/c1-7-5-10(13)8(2)11(12(7)15)9-3-4-14-6-9/h5,9,14-15H,3-4,6H2,1-2H3. The molecule has 0 spiro atoms. The van der Waals surface area contributed by atoms with Gasteiger partial charge in [0.15, 0.2) is 0 Å². The number of aryl methyl sites for hydroxylation is 1. The van der Waals surface area contributed by atoms with E-state index in [0.29, 0.717) is 11.7 Å². The fourth-order valence-corrected chi connectivity index (χ4v) is 2.55. The van der Waals surface area contributed by atoms with Crippen LogP contribution < -0.4 is 5.32 Å². The zero-order valence-corrected chi connectivity index (χ0v) is 9.86. The molecule has 1 unspecified atom stereocenters. The molecule has 1 heterocycles. The van der Waals surface area contributed by atoms with Gasteiger partial charge < -0.3 is 10.4 Å². The van der Waals surface area contributed by atoms with Crippen molar-refractivity contribution in [2.45, 2.75) is 26.2 Å². The normalized spacial score (nSPS) is 20.9. The van der Waals surface area contributed by atoms with Gasteiger partial charge in [-0.2, -0.15) is 0 Å². The van der Waals surface area contributed by atoms with E-state index in [0.717, 1.165) is 41.2 Å². The quantitative estimate of drug-likeness (QED) is 0.771. The van der Waals surface area contributed by atoms with Crippen LogP contribution >= 0.6 is 11.6 Å². The minimum absolute atomic E-state index is 0.405. The van der Waals surface area contributed by atoms with Crippen molar-refractivity contribution in [2.75, 3.05) is 13.1 Å². The average molecular weight is 226 g/mol. The van der Waals surface area contributed by atoms with Gasteiger partial charge in [0.1, 0.15) is 5.75 Å². The molecule has 0 saturated carbocycles. The Labute approximate surface area is 95.3 Å². The third-order valence-electron chi connectivity index (χ3n) is 3.20. The van der Waals surface area contributed by atoms with Gasteiger partial charge in [0, 0.05) is 23.0 Å². The highest BCUT2D eigenvalue weighted by Gasteiger charge is 2.23. The molecule has 1 atom stereocenters. The first-order valence-electron chi connectivity index (χ1n) is 5.30. The number of phenolic OH excluding ortho intramolecular Hbond substituents is 1. The maximum absolute atomic E-state index is 10.1. The second kappa shape index (κ2) is 4.03. The molecule has 1 aromatic rings. The minimum Gasteiger partial charge on any atom is -0.507 e. The molecule has 2 N–H and O–H groups in total. The lowest BCUT2D eigenvalue weighted by Crippen LogP contribution is -2.09. The molecule has 1 aliphatic rings. The van der Waals surface area contributed by atoms with Gasteiger partial charge in [-0.25, -0.2) is 0 Å². The van der Waals surface area contributed by atoms with Gasteiger partial charge in [0.05, 0.1) is 0 Å². The van der Waals surface area contributed by atoms with Gasteiger partial charge in [-0.05, 0) is 44.0 Å². The van der Waals surface area contributed by atoms with Crippen molar-refractivity contribution in [3.63, 3.8) is 0 Å². The summed E-state index contributed by atoms with van der Waals surface area (Å²) >= 11 is 6.14. The van der Waals surface area contributed by atoms with Crippen LogP contribution in [0.3, 0.4) is 0 Å². The zero-order chi connectivity index (χ0) is 11.0. The predicted molar refractivity (Wildman–Crippen MR) is 62.8 cm³/mol. The van der Waals surface area contributed by atoms with E-state index in [4.69, 9.17) is 11.6 Å². The van der Waals surface area contributed by atoms with Gasteiger partial charge in [-0.15, -0.1) is 0 Å². The molecule has 2 rings (SSSR count). The van der Waals surface area contributed by atoms with E-state index in [9.17, 15) is 5.11 Å². The largest absolute Gasteiger partial charge is 0.507 e. The van der Waals surface area contributed by atoms with Crippen LogP contribution in [0, 0.1) is 13.8 Å². The molecule has 3 heteroatoms. The molecule has 0 aliphatic carbocycles. The number of benzene rings is 1. The summed E-state index contributed by atoms with van der Waals surface area (Å²) in [5.74, 6) is 0.827. The Morgan fingerprint density at radius 2 is 2.20 bits per heavy atom. The maximum Gasteiger partial charge on any atom is 0.122 e. The second-order valence-corrected chi connectivity index (χ2v) is 4.66. The minimum atomic E-state index is 0.405. The van der Waals surface area contributed by atoms with E-state index in [1.807, 2.05) is 19.9 Å². The van der Waals surface area contributed by atoms with Crippen LogP contribution in [0.5, 0.6) is 5.75 Å². The SMILES string of the molecule is Cc1cc(Cl)c(C)c(C2CCNC2)c1O. The zero-order valence-electron chi connectivity index (χ0n) is 9.10. The lowest BCUT2D eigenvalue weighted by Gasteiger charge is -2.17.